The molecule has 2 heterocycles. The first-order chi connectivity index (χ1) is 25.9. The van der Waals surface area contributed by atoms with Crippen LogP contribution in [-0.2, 0) is 0 Å². The molecule has 0 spiro atoms. The Balaban J connectivity index is 1.01. The van der Waals surface area contributed by atoms with Crippen molar-refractivity contribution < 1.29 is 47.2 Å². The van der Waals surface area contributed by atoms with E-state index >= 15 is 0 Å². The molecule has 1 unspecified atom stereocenters. The minimum absolute atomic E-state index is 0.185. The summed E-state index contributed by atoms with van der Waals surface area (Å²) in [6, 6.07) is 22.1. The van der Waals surface area contributed by atoms with Crippen molar-refractivity contribution in [3.8, 4) is 68.6 Å². The van der Waals surface area contributed by atoms with Crippen LogP contribution in [0.4, 0.5) is 5.69 Å². The van der Waals surface area contributed by atoms with Crippen LogP contribution >= 0.6 is 0 Å². The predicted octanol–water partition coefficient (Wildman–Crippen LogP) is 7.54. The van der Waals surface area contributed by atoms with E-state index in [1.165, 1.54) is 0 Å². The third kappa shape index (κ3) is 7.98. The molecule has 4 aromatic carbocycles. The highest BCUT2D eigenvalue weighted by molar-refractivity contribution is 6.02. The van der Waals surface area contributed by atoms with E-state index in [1.807, 2.05) is 54.6 Å². The Bertz CT molecular complexity index is 2020. The van der Waals surface area contributed by atoms with Gasteiger partial charge in [0.05, 0.1) is 61.4 Å². The molecule has 1 aliphatic rings. The second-order valence-electron chi connectivity index (χ2n) is 12.0. The smallest absolute Gasteiger partial charge is 0.255 e. The molecule has 1 atom stereocenters. The average molecular weight is 726 g/mol. The molecule has 13 heteroatoms. The van der Waals surface area contributed by atoms with Crippen molar-refractivity contribution in [3.63, 3.8) is 0 Å². The zero-order chi connectivity index (χ0) is 37.3. The van der Waals surface area contributed by atoms with Gasteiger partial charge in [-0.2, -0.15) is 0 Å². The molecule has 13 nitrogen and oxygen atoms in total. The van der Waals surface area contributed by atoms with Crippen LogP contribution < -0.4 is 48.5 Å². The molecule has 1 aromatic heterocycles. The van der Waals surface area contributed by atoms with Crippen LogP contribution in [0.5, 0.6) is 46.0 Å². The van der Waals surface area contributed by atoms with E-state index in [2.05, 4.69) is 15.8 Å². The first-order valence-electron chi connectivity index (χ1n) is 17.0. The number of fused-ring (bicyclic) bond motifs is 1. The third-order valence-electron chi connectivity index (χ3n) is 8.79. The summed E-state index contributed by atoms with van der Waals surface area (Å²) in [6.07, 6.45) is 2.08. The van der Waals surface area contributed by atoms with Crippen molar-refractivity contribution in [3.05, 3.63) is 83.9 Å². The molecular formula is C40H43N3O10. The van der Waals surface area contributed by atoms with Gasteiger partial charge in [-0.3, -0.25) is 4.79 Å². The second-order valence-corrected chi connectivity index (χ2v) is 12.0. The number of nitrogens with zero attached hydrogens (tertiary/aromatic N) is 1. The zero-order valence-corrected chi connectivity index (χ0v) is 30.6. The van der Waals surface area contributed by atoms with Gasteiger partial charge >= 0.3 is 0 Å². The molecular weight excluding hydrogens is 682 g/mol. The first-order valence-corrected chi connectivity index (χ1v) is 17.0. The van der Waals surface area contributed by atoms with Crippen LogP contribution in [0.25, 0.3) is 22.6 Å². The number of unbranched alkanes of at least 4 members (excludes halogenated alkanes) is 2. The van der Waals surface area contributed by atoms with Crippen LogP contribution in [0.3, 0.4) is 0 Å². The molecule has 2 N–H and O–H groups in total. The van der Waals surface area contributed by atoms with Crippen LogP contribution in [0.1, 0.15) is 41.3 Å². The molecule has 5 aromatic rings. The van der Waals surface area contributed by atoms with Gasteiger partial charge in [0.2, 0.25) is 5.75 Å². The lowest BCUT2D eigenvalue weighted by atomic mass is 10.0. The van der Waals surface area contributed by atoms with Crippen LogP contribution in [-0.4, -0.2) is 66.9 Å². The number of methoxy groups -OCH3 is 6. The fraction of sp³-hybridized carbons (Fsp3) is 0.300. The Kier molecular flexibility index (Phi) is 11.6. The molecule has 1 amide bonds. The molecule has 0 saturated heterocycles. The number of hydrogen-bond acceptors (Lipinski definition) is 12. The van der Waals surface area contributed by atoms with Crippen molar-refractivity contribution in [2.45, 2.75) is 25.4 Å². The normalized spacial score (nSPS) is 13.2. The van der Waals surface area contributed by atoms with Gasteiger partial charge < -0.3 is 53.1 Å². The van der Waals surface area contributed by atoms with Crippen molar-refractivity contribution in [1.29, 1.82) is 0 Å². The largest absolute Gasteiger partial charge is 0.497 e. The maximum Gasteiger partial charge on any atom is 0.255 e. The van der Waals surface area contributed by atoms with Crippen molar-refractivity contribution in [2.24, 2.45) is 0 Å². The van der Waals surface area contributed by atoms with Gasteiger partial charge in [0.15, 0.2) is 40.3 Å². The van der Waals surface area contributed by atoms with Gasteiger partial charge in [-0.25, -0.2) is 0 Å². The van der Waals surface area contributed by atoms with E-state index in [-0.39, 0.29) is 5.91 Å². The van der Waals surface area contributed by atoms with Crippen molar-refractivity contribution in [1.82, 2.24) is 10.5 Å². The Labute approximate surface area is 308 Å². The van der Waals surface area contributed by atoms with E-state index in [1.54, 1.807) is 60.9 Å². The fourth-order valence-electron chi connectivity index (χ4n) is 6.06. The highest BCUT2D eigenvalue weighted by atomic mass is 16.5. The van der Waals surface area contributed by atoms with Gasteiger partial charge in [0, 0.05) is 22.9 Å². The number of carbonyl (C=O) groups excluding carboxylic acids is 1. The Hall–Kier alpha value is -6.24. The van der Waals surface area contributed by atoms with E-state index in [9.17, 15) is 4.79 Å². The summed E-state index contributed by atoms with van der Waals surface area (Å²) in [5.41, 5.74) is 4.12. The van der Waals surface area contributed by atoms with Gasteiger partial charge in [-0.15, -0.1) is 0 Å². The molecule has 0 fully saturated rings. The Morgan fingerprint density at radius 3 is 2.02 bits per heavy atom. The molecule has 53 heavy (non-hydrogen) atoms. The van der Waals surface area contributed by atoms with E-state index in [0.29, 0.717) is 81.8 Å². The summed E-state index contributed by atoms with van der Waals surface area (Å²) >= 11 is 0. The number of ether oxygens (including phenoxy) is 8. The average Bonchev–Trinajstić information content (AvgIpc) is 3.70. The van der Waals surface area contributed by atoms with E-state index < -0.39 is 6.17 Å². The van der Waals surface area contributed by atoms with Gasteiger partial charge in [-0.05, 0) is 79.4 Å². The monoisotopic (exact) mass is 725 g/mol. The molecule has 6 rings (SSSR count). The highest BCUT2D eigenvalue weighted by Gasteiger charge is 2.26. The number of carbonyl (C=O) groups is 1. The number of hydrogen-bond donors (Lipinski definition) is 2. The molecule has 0 radical (unpaired) electrons. The minimum atomic E-state index is -0.423. The van der Waals surface area contributed by atoms with E-state index in [4.69, 9.17) is 42.4 Å². The maximum atomic E-state index is 12.8. The predicted molar refractivity (Wildman–Crippen MR) is 198 cm³/mol. The summed E-state index contributed by atoms with van der Waals surface area (Å²) in [6.45, 7) is 0.992. The molecule has 278 valence electrons. The second kappa shape index (κ2) is 16.9. The molecule has 1 aliphatic heterocycles. The number of benzene rings is 4. The minimum Gasteiger partial charge on any atom is -0.497 e. The van der Waals surface area contributed by atoms with Gasteiger partial charge in [-0.1, -0.05) is 17.3 Å². The first kappa shape index (κ1) is 36.5. The third-order valence-corrected chi connectivity index (χ3v) is 8.79. The molecule has 0 saturated carbocycles. The Morgan fingerprint density at radius 2 is 1.34 bits per heavy atom. The summed E-state index contributed by atoms with van der Waals surface area (Å²) in [4.78, 5) is 12.8. The number of para-hydroxylation sites is 1. The topological polar surface area (TPSA) is 141 Å². The Morgan fingerprint density at radius 1 is 0.623 bits per heavy atom. The van der Waals surface area contributed by atoms with Crippen LogP contribution in [0.15, 0.2) is 77.3 Å². The SMILES string of the molecule is COc1ccc2c(c1)C(=O)NC(c1ccc(OCCCCCOc3cccc(-c4cc(-c5cc(OC)c(OC)c(OC)c5)on4)c3OC)c(OC)c1)N2. The maximum absolute atomic E-state index is 12.8. The lowest BCUT2D eigenvalue weighted by Crippen LogP contribution is -2.38. The fourth-order valence-corrected chi connectivity index (χ4v) is 6.06. The van der Waals surface area contributed by atoms with E-state index in [0.717, 1.165) is 36.1 Å². The summed E-state index contributed by atoms with van der Waals surface area (Å²) < 4.78 is 51.0. The zero-order valence-electron chi connectivity index (χ0n) is 30.6. The summed E-state index contributed by atoms with van der Waals surface area (Å²) in [5, 5.41) is 10.7. The number of anilines is 1. The lowest BCUT2D eigenvalue weighted by Gasteiger charge is -2.28. The number of aromatic nitrogens is 1. The number of rotatable bonds is 17. The van der Waals surface area contributed by atoms with Crippen LogP contribution in [0.2, 0.25) is 0 Å². The lowest BCUT2D eigenvalue weighted by molar-refractivity contribution is 0.0935. The quantitative estimate of drug-likeness (QED) is 0.0915. The van der Waals surface area contributed by atoms with Crippen molar-refractivity contribution >= 4 is 11.6 Å². The summed E-state index contributed by atoms with van der Waals surface area (Å²) in [7, 11) is 9.44. The van der Waals surface area contributed by atoms with Gasteiger partial charge in [0.1, 0.15) is 17.6 Å². The molecule has 0 aliphatic carbocycles. The highest BCUT2D eigenvalue weighted by Crippen LogP contribution is 2.43. The summed E-state index contributed by atoms with van der Waals surface area (Å²) in [5.74, 6) is 4.83. The number of nitrogens with one attached hydrogen (secondary N) is 2. The van der Waals surface area contributed by atoms with Crippen molar-refractivity contribution in [2.75, 3.05) is 61.2 Å². The standard InChI is InChI=1S/C40H43N3O10/c1-45-26-14-15-29-28(22-26)40(44)42-39(41-29)24-13-16-31(34(19-24)46-2)51-17-8-7-9-18-52-32-12-10-11-27(37(32)49-5)30-23-33(53-43-30)25-20-35(47-3)38(50-6)36(21-25)48-4/h10-16,19-23,39,41H,7-9,17-18H2,1-6H3,(H,42,44). The molecule has 0 bridgehead atoms. The van der Waals surface area contributed by atoms with Crippen LogP contribution in [0, 0.1) is 0 Å². The number of amides is 1. The van der Waals surface area contributed by atoms with Gasteiger partial charge in [0.25, 0.3) is 5.91 Å².